The fraction of sp³-hybridized carbons (Fsp3) is 0.412. The summed E-state index contributed by atoms with van der Waals surface area (Å²) in [6.45, 7) is 0. The lowest BCUT2D eigenvalue weighted by Crippen LogP contribution is -2.38. The van der Waals surface area contributed by atoms with Crippen molar-refractivity contribution in [3.05, 3.63) is 42.2 Å². The molecule has 3 heteroatoms. The summed E-state index contributed by atoms with van der Waals surface area (Å²) < 4.78 is 0. The van der Waals surface area contributed by atoms with Crippen LogP contribution in [0.4, 0.5) is 0 Å². The highest BCUT2D eigenvalue weighted by molar-refractivity contribution is 5.98. The molecule has 0 aliphatic heterocycles. The van der Waals surface area contributed by atoms with Crippen LogP contribution in [0.5, 0.6) is 0 Å². The summed E-state index contributed by atoms with van der Waals surface area (Å²) in [6, 6.07) is 8.21. The van der Waals surface area contributed by atoms with Gasteiger partial charge in [0.1, 0.15) is 0 Å². The quantitative estimate of drug-likeness (QED) is 0.833. The van der Waals surface area contributed by atoms with Crippen molar-refractivity contribution in [2.24, 2.45) is 0 Å². The second kappa shape index (κ2) is 5.61. The van der Waals surface area contributed by atoms with Gasteiger partial charge >= 0.3 is 0 Å². The van der Waals surface area contributed by atoms with Gasteiger partial charge in [0.25, 0.3) is 5.91 Å². The van der Waals surface area contributed by atoms with E-state index in [0.29, 0.717) is 6.04 Å². The van der Waals surface area contributed by atoms with Gasteiger partial charge < -0.3 is 4.90 Å². The molecule has 1 aliphatic carbocycles. The number of carbonyl (C=O) groups excluding carboxylic acids is 1. The predicted molar refractivity (Wildman–Crippen MR) is 80.7 cm³/mol. The van der Waals surface area contributed by atoms with E-state index in [4.69, 9.17) is 0 Å². The van der Waals surface area contributed by atoms with Crippen LogP contribution in [0.2, 0.25) is 0 Å². The van der Waals surface area contributed by atoms with E-state index >= 15 is 0 Å². The molecule has 3 rings (SSSR count). The van der Waals surface area contributed by atoms with Crippen LogP contribution < -0.4 is 0 Å². The zero-order chi connectivity index (χ0) is 13.9. The van der Waals surface area contributed by atoms with Crippen LogP contribution in [0.3, 0.4) is 0 Å². The van der Waals surface area contributed by atoms with Gasteiger partial charge in [-0.05, 0) is 36.4 Å². The van der Waals surface area contributed by atoms with Crippen LogP contribution in [0.15, 0.2) is 36.7 Å². The van der Waals surface area contributed by atoms with Crippen molar-refractivity contribution in [2.75, 3.05) is 7.05 Å². The summed E-state index contributed by atoms with van der Waals surface area (Å²) in [6.07, 6.45) is 9.66. The molecule has 0 unspecified atom stereocenters. The number of fused-ring (bicyclic) bond motifs is 1. The molecule has 0 saturated heterocycles. The molecule has 1 saturated carbocycles. The van der Waals surface area contributed by atoms with Gasteiger partial charge in [-0.3, -0.25) is 9.78 Å². The van der Waals surface area contributed by atoms with Crippen LogP contribution in [0, 0.1) is 0 Å². The summed E-state index contributed by atoms with van der Waals surface area (Å²) in [5, 5.41) is 2.15. The van der Waals surface area contributed by atoms with E-state index in [1.165, 1.54) is 19.3 Å². The van der Waals surface area contributed by atoms with Gasteiger partial charge in [0.2, 0.25) is 0 Å². The van der Waals surface area contributed by atoms with Crippen LogP contribution >= 0.6 is 0 Å². The van der Waals surface area contributed by atoms with Crippen LogP contribution in [-0.2, 0) is 0 Å². The van der Waals surface area contributed by atoms with Gasteiger partial charge in [-0.1, -0.05) is 25.3 Å². The van der Waals surface area contributed by atoms with Crippen LogP contribution in [0.25, 0.3) is 10.8 Å². The molecule has 0 spiro atoms. The fourth-order valence-electron chi connectivity index (χ4n) is 3.05. The Labute approximate surface area is 119 Å². The molecule has 1 heterocycles. The van der Waals surface area contributed by atoms with E-state index in [1.807, 2.05) is 42.4 Å². The summed E-state index contributed by atoms with van der Waals surface area (Å²) in [7, 11) is 1.94. The van der Waals surface area contributed by atoms with E-state index in [9.17, 15) is 4.79 Å². The monoisotopic (exact) mass is 268 g/mol. The molecule has 1 aliphatic rings. The van der Waals surface area contributed by atoms with Gasteiger partial charge in [-0.25, -0.2) is 0 Å². The Morgan fingerprint density at radius 3 is 2.75 bits per heavy atom. The summed E-state index contributed by atoms with van der Waals surface area (Å²) in [4.78, 5) is 18.6. The van der Waals surface area contributed by atoms with Crippen molar-refractivity contribution in [1.82, 2.24) is 9.88 Å². The molecule has 0 radical (unpaired) electrons. The molecule has 3 nitrogen and oxygen atoms in total. The molecule has 1 aromatic heterocycles. The average molecular weight is 268 g/mol. The van der Waals surface area contributed by atoms with Crippen LogP contribution in [-0.4, -0.2) is 28.9 Å². The van der Waals surface area contributed by atoms with Gasteiger partial charge in [-0.2, -0.15) is 0 Å². The SMILES string of the molecule is CN(C(=O)c1ccc2cnccc2c1)C1CCCCC1. The van der Waals surface area contributed by atoms with Crippen molar-refractivity contribution in [2.45, 2.75) is 38.1 Å². The molecule has 0 N–H and O–H groups in total. The maximum Gasteiger partial charge on any atom is 0.253 e. The van der Waals surface area contributed by atoms with Crippen molar-refractivity contribution in [1.29, 1.82) is 0 Å². The van der Waals surface area contributed by atoms with E-state index < -0.39 is 0 Å². The number of pyridine rings is 1. The third-order valence-electron chi connectivity index (χ3n) is 4.33. The third kappa shape index (κ3) is 2.53. The van der Waals surface area contributed by atoms with Gasteiger partial charge in [0, 0.05) is 36.4 Å². The number of nitrogens with zero attached hydrogens (tertiary/aromatic N) is 2. The number of aromatic nitrogens is 1. The van der Waals surface area contributed by atoms with Crippen LogP contribution in [0.1, 0.15) is 42.5 Å². The van der Waals surface area contributed by atoms with Crippen molar-refractivity contribution >= 4 is 16.7 Å². The van der Waals surface area contributed by atoms with Gasteiger partial charge in [0.15, 0.2) is 0 Å². The topological polar surface area (TPSA) is 33.2 Å². The minimum absolute atomic E-state index is 0.135. The molecular weight excluding hydrogens is 248 g/mol. The highest BCUT2D eigenvalue weighted by atomic mass is 16.2. The van der Waals surface area contributed by atoms with E-state index in [-0.39, 0.29) is 5.91 Å². The number of rotatable bonds is 2. The fourth-order valence-corrected chi connectivity index (χ4v) is 3.05. The Hall–Kier alpha value is -1.90. The second-order valence-electron chi connectivity index (χ2n) is 5.65. The minimum Gasteiger partial charge on any atom is -0.339 e. The first-order chi connectivity index (χ1) is 9.75. The van der Waals surface area contributed by atoms with Gasteiger partial charge in [-0.15, -0.1) is 0 Å². The molecule has 0 bridgehead atoms. The maximum absolute atomic E-state index is 12.6. The van der Waals surface area contributed by atoms with Crippen molar-refractivity contribution < 1.29 is 4.79 Å². The van der Waals surface area contributed by atoms with E-state index in [1.54, 1.807) is 6.20 Å². The Bertz CT molecular complexity index is 617. The predicted octanol–water partition coefficient (Wildman–Crippen LogP) is 3.64. The van der Waals surface area contributed by atoms with Crippen molar-refractivity contribution in [3.63, 3.8) is 0 Å². The minimum atomic E-state index is 0.135. The van der Waals surface area contributed by atoms with Crippen molar-refractivity contribution in [3.8, 4) is 0 Å². The Balaban J connectivity index is 1.83. The standard InChI is InChI=1S/C17H20N2O/c1-19(16-5-3-2-4-6-16)17(20)14-7-8-15-12-18-10-9-13(15)11-14/h7-12,16H,2-6H2,1H3. The maximum atomic E-state index is 12.6. The number of hydrogen-bond donors (Lipinski definition) is 0. The smallest absolute Gasteiger partial charge is 0.253 e. The summed E-state index contributed by atoms with van der Waals surface area (Å²) in [5.41, 5.74) is 0.775. The first-order valence-corrected chi connectivity index (χ1v) is 7.36. The molecule has 0 atom stereocenters. The number of amides is 1. The molecular formula is C17H20N2O. The molecule has 20 heavy (non-hydrogen) atoms. The number of benzene rings is 1. The lowest BCUT2D eigenvalue weighted by Gasteiger charge is -2.31. The molecule has 1 amide bonds. The zero-order valence-corrected chi connectivity index (χ0v) is 11.9. The number of carbonyl (C=O) groups is 1. The lowest BCUT2D eigenvalue weighted by atomic mass is 9.94. The average Bonchev–Trinajstić information content (AvgIpc) is 2.54. The normalized spacial score (nSPS) is 16.2. The lowest BCUT2D eigenvalue weighted by molar-refractivity contribution is 0.0696. The summed E-state index contributed by atoms with van der Waals surface area (Å²) in [5.74, 6) is 0.135. The highest BCUT2D eigenvalue weighted by Crippen LogP contribution is 2.23. The Kier molecular flexibility index (Phi) is 3.68. The molecule has 1 aromatic carbocycles. The van der Waals surface area contributed by atoms with E-state index in [2.05, 4.69) is 4.98 Å². The largest absolute Gasteiger partial charge is 0.339 e. The molecule has 2 aromatic rings. The van der Waals surface area contributed by atoms with E-state index in [0.717, 1.165) is 29.2 Å². The zero-order valence-electron chi connectivity index (χ0n) is 11.9. The first-order valence-electron chi connectivity index (χ1n) is 7.36. The number of hydrogen-bond acceptors (Lipinski definition) is 2. The molecule has 1 fully saturated rings. The molecule has 104 valence electrons. The third-order valence-corrected chi connectivity index (χ3v) is 4.33. The summed E-state index contributed by atoms with van der Waals surface area (Å²) >= 11 is 0. The Morgan fingerprint density at radius 2 is 1.95 bits per heavy atom. The second-order valence-corrected chi connectivity index (χ2v) is 5.65. The Morgan fingerprint density at radius 1 is 1.15 bits per heavy atom. The highest BCUT2D eigenvalue weighted by Gasteiger charge is 2.22. The van der Waals surface area contributed by atoms with Gasteiger partial charge in [0.05, 0.1) is 0 Å². The first kappa shape index (κ1) is 13.1.